The third kappa shape index (κ3) is 11.6. The number of nitrogens with zero attached hydrogens (tertiary/aromatic N) is 1. The largest absolute Gasteiger partial charge is 0.265 e. The minimum Gasteiger partial charge on any atom is -0.265 e. The quantitative estimate of drug-likeness (QED) is 0.281. The highest BCUT2D eigenvalue weighted by atomic mass is 14.6. The Bertz CT molecular complexity index is 360. The lowest BCUT2D eigenvalue weighted by Crippen LogP contribution is -1.94. The molecule has 1 heteroatoms. The minimum atomic E-state index is 0.435. The van der Waals surface area contributed by atoms with E-state index in [-0.39, 0.29) is 0 Å². The molecule has 137 valence electrons. The molecule has 1 heterocycles. The van der Waals surface area contributed by atoms with E-state index in [2.05, 4.69) is 31.0 Å². The van der Waals surface area contributed by atoms with E-state index in [0.29, 0.717) is 5.92 Å². The summed E-state index contributed by atoms with van der Waals surface area (Å²) in [6, 6.07) is 4.20. The summed E-state index contributed by atoms with van der Waals surface area (Å²) in [5.74, 6) is 0.435. The van der Waals surface area contributed by atoms with Gasteiger partial charge in [-0.15, -0.1) is 0 Å². The standard InChI is InChI=1S/C23H40N/c1-3-4-5-6-7-8-9-10-11-12-13-14-15-16-17-22(2)23-18-20-24-21-19-23/h18-22H,2-17H2,1H3. The van der Waals surface area contributed by atoms with E-state index >= 15 is 0 Å². The van der Waals surface area contributed by atoms with Crippen molar-refractivity contribution in [2.45, 2.75) is 109 Å². The number of hydrogen-bond acceptors (Lipinski definition) is 1. The number of rotatable bonds is 16. The van der Waals surface area contributed by atoms with Crippen molar-refractivity contribution in [1.29, 1.82) is 0 Å². The molecule has 0 saturated carbocycles. The molecule has 0 bridgehead atoms. The predicted octanol–water partition coefficient (Wildman–Crippen LogP) is 7.87. The fraction of sp³-hybridized carbons (Fsp3) is 0.739. The zero-order valence-corrected chi connectivity index (χ0v) is 16.1. The molecule has 1 aromatic heterocycles. The normalized spacial score (nSPS) is 12.4. The minimum absolute atomic E-state index is 0.435. The van der Waals surface area contributed by atoms with Crippen molar-refractivity contribution in [2.75, 3.05) is 0 Å². The van der Waals surface area contributed by atoms with Crippen molar-refractivity contribution in [1.82, 2.24) is 4.98 Å². The van der Waals surface area contributed by atoms with Gasteiger partial charge in [0.25, 0.3) is 0 Å². The Morgan fingerprint density at radius 1 is 0.708 bits per heavy atom. The van der Waals surface area contributed by atoms with Crippen LogP contribution in [0.3, 0.4) is 0 Å². The highest BCUT2D eigenvalue weighted by Gasteiger charge is 2.04. The van der Waals surface area contributed by atoms with Crippen LogP contribution in [0.15, 0.2) is 24.5 Å². The highest BCUT2D eigenvalue weighted by Crippen LogP contribution is 2.21. The summed E-state index contributed by atoms with van der Waals surface area (Å²) in [4.78, 5) is 4.07. The van der Waals surface area contributed by atoms with Crippen LogP contribution in [-0.2, 0) is 0 Å². The topological polar surface area (TPSA) is 12.9 Å². The van der Waals surface area contributed by atoms with Gasteiger partial charge in [-0.05, 0) is 37.0 Å². The van der Waals surface area contributed by atoms with Crippen LogP contribution in [0.1, 0.15) is 115 Å². The molecule has 24 heavy (non-hydrogen) atoms. The Kier molecular flexibility index (Phi) is 13.8. The second-order valence-electron chi connectivity index (χ2n) is 7.36. The molecule has 0 amide bonds. The van der Waals surface area contributed by atoms with Crippen LogP contribution < -0.4 is 0 Å². The molecule has 0 saturated heterocycles. The van der Waals surface area contributed by atoms with E-state index in [0.717, 1.165) is 0 Å². The first-order chi connectivity index (χ1) is 11.8. The van der Waals surface area contributed by atoms with Crippen LogP contribution in [0, 0.1) is 6.92 Å². The Labute approximate surface area is 151 Å². The van der Waals surface area contributed by atoms with Crippen LogP contribution >= 0.6 is 0 Å². The molecule has 1 atom stereocenters. The zero-order chi connectivity index (χ0) is 17.3. The molecule has 0 aliphatic heterocycles. The summed E-state index contributed by atoms with van der Waals surface area (Å²) in [6.45, 7) is 6.57. The first-order valence-electron chi connectivity index (χ1n) is 10.6. The average molecular weight is 331 g/mol. The SMILES string of the molecule is [CH2]C(CCCCCCCCCCCCCCCC)c1ccncc1. The van der Waals surface area contributed by atoms with Gasteiger partial charge in [-0.2, -0.15) is 0 Å². The lowest BCUT2D eigenvalue weighted by atomic mass is 9.95. The van der Waals surface area contributed by atoms with Crippen LogP contribution in [0.5, 0.6) is 0 Å². The molecular formula is C23H40N. The Morgan fingerprint density at radius 3 is 1.58 bits per heavy atom. The van der Waals surface area contributed by atoms with Crippen LogP contribution in [0.2, 0.25) is 0 Å². The van der Waals surface area contributed by atoms with Crippen LogP contribution in [0.25, 0.3) is 0 Å². The van der Waals surface area contributed by atoms with Crippen molar-refractivity contribution in [3.63, 3.8) is 0 Å². The molecule has 0 aromatic carbocycles. The van der Waals surface area contributed by atoms with Gasteiger partial charge < -0.3 is 0 Å². The third-order valence-corrected chi connectivity index (χ3v) is 5.08. The highest BCUT2D eigenvalue weighted by molar-refractivity contribution is 5.16. The van der Waals surface area contributed by atoms with E-state index in [1.165, 1.54) is 102 Å². The summed E-state index contributed by atoms with van der Waals surface area (Å²) >= 11 is 0. The lowest BCUT2D eigenvalue weighted by molar-refractivity contribution is 0.528. The average Bonchev–Trinajstić information content (AvgIpc) is 2.62. The smallest absolute Gasteiger partial charge is 0.0270 e. The van der Waals surface area contributed by atoms with Gasteiger partial charge in [0.05, 0.1) is 0 Å². The number of pyridine rings is 1. The molecule has 1 radical (unpaired) electrons. The van der Waals surface area contributed by atoms with Crippen LogP contribution in [-0.4, -0.2) is 4.98 Å². The van der Waals surface area contributed by atoms with Crippen molar-refractivity contribution < 1.29 is 0 Å². The maximum atomic E-state index is 4.28. The fourth-order valence-electron chi connectivity index (χ4n) is 3.39. The van der Waals surface area contributed by atoms with Gasteiger partial charge in [0.15, 0.2) is 0 Å². The lowest BCUT2D eigenvalue weighted by Gasteiger charge is -2.11. The Balaban J connectivity index is 1.79. The molecule has 0 aliphatic carbocycles. The third-order valence-electron chi connectivity index (χ3n) is 5.08. The number of aromatic nitrogens is 1. The second-order valence-corrected chi connectivity index (χ2v) is 7.36. The summed E-state index contributed by atoms with van der Waals surface area (Å²) < 4.78 is 0. The van der Waals surface area contributed by atoms with E-state index in [1.54, 1.807) is 0 Å². The monoisotopic (exact) mass is 330 g/mol. The van der Waals surface area contributed by atoms with E-state index in [1.807, 2.05) is 12.4 Å². The van der Waals surface area contributed by atoms with E-state index in [9.17, 15) is 0 Å². The molecule has 1 rings (SSSR count). The summed E-state index contributed by atoms with van der Waals surface area (Å²) in [5.41, 5.74) is 1.33. The maximum Gasteiger partial charge on any atom is 0.0270 e. The molecule has 0 fully saturated rings. The van der Waals surface area contributed by atoms with Crippen LogP contribution in [0.4, 0.5) is 0 Å². The first-order valence-corrected chi connectivity index (χ1v) is 10.6. The van der Waals surface area contributed by atoms with Gasteiger partial charge in [-0.1, -0.05) is 96.8 Å². The van der Waals surface area contributed by atoms with Crippen molar-refractivity contribution in [3.8, 4) is 0 Å². The van der Waals surface area contributed by atoms with Gasteiger partial charge >= 0.3 is 0 Å². The second kappa shape index (κ2) is 15.7. The van der Waals surface area contributed by atoms with E-state index in [4.69, 9.17) is 0 Å². The molecule has 0 spiro atoms. The molecule has 0 aliphatic rings. The fourth-order valence-corrected chi connectivity index (χ4v) is 3.39. The van der Waals surface area contributed by atoms with Gasteiger partial charge in [-0.3, -0.25) is 4.98 Å². The van der Waals surface area contributed by atoms with Crippen molar-refractivity contribution in [2.24, 2.45) is 0 Å². The first kappa shape index (κ1) is 21.2. The van der Waals surface area contributed by atoms with Gasteiger partial charge in [0.2, 0.25) is 0 Å². The van der Waals surface area contributed by atoms with Gasteiger partial charge in [0, 0.05) is 12.4 Å². The van der Waals surface area contributed by atoms with Crippen molar-refractivity contribution >= 4 is 0 Å². The molecular weight excluding hydrogens is 290 g/mol. The van der Waals surface area contributed by atoms with Gasteiger partial charge in [0.1, 0.15) is 0 Å². The molecule has 1 nitrogen and oxygen atoms in total. The molecule has 1 aromatic rings. The molecule has 1 unspecified atom stereocenters. The summed E-state index contributed by atoms with van der Waals surface area (Å²) in [5, 5.41) is 0. The molecule has 0 N–H and O–H groups in total. The summed E-state index contributed by atoms with van der Waals surface area (Å²) in [6.07, 6.45) is 24.9. The van der Waals surface area contributed by atoms with Crippen molar-refractivity contribution in [3.05, 3.63) is 37.0 Å². The maximum absolute atomic E-state index is 4.28. The number of hydrogen-bond donors (Lipinski definition) is 0. The Morgan fingerprint density at radius 2 is 1.12 bits per heavy atom. The predicted molar refractivity (Wildman–Crippen MR) is 107 cm³/mol. The summed E-state index contributed by atoms with van der Waals surface area (Å²) in [7, 11) is 0. The Hall–Kier alpha value is -0.850. The van der Waals surface area contributed by atoms with E-state index < -0.39 is 0 Å². The zero-order valence-electron chi connectivity index (χ0n) is 16.1. The van der Waals surface area contributed by atoms with Gasteiger partial charge in [-0.25, -0.2) is 0 Å². The number of unbranched alkanes of at least 4 members (excludes halogenated alkanes) is 13.